The Hall–Kier alpha value is -6.32. The molecule has 3 nitrogen and oxygen atoms in total. The Kier molecular flexibility index (Phi) is 5.57. The van der Waals surface area contributed by atoms with E-state index in [0.29, 0.717) is 5.89 Å². The molecule has 2 heterocycles. The second-order valence-electron chi connectivity index (χ2n) is 12.2. The Labute approximate surface area is 270 Å². The molecule has 2 aromatic heterocycles. The summed E-state index contributed by atoms with van der Waals surface area (Å²) in [6.07, 6.45) is 1.76. The molecule has 10 aromatic rings. The lowest BCUT2D eigenvalue weighted by Crippen LogP contribution is -1.88. The smallest absolute Gasteiger partial charge is 0.246 e. The number of oxazole rings is 1. The van der Waals surface area contributed by atoms with Crippen molar-refractivity contribution in [2.24, 2.45) is 0 Å². The molecule has 218 valence electrons. The standard InChI is InChI=1S/C44H26N2O/c1-3-12-34-27(8-1)17-21-37-38(26-32-9-2-4-13-35(32)42(34)37)31-11-7-10-29(24-31)30-18-20-36-33(25-30)16-15-28-19-22-39-43(41(28)36)47-44(46-39)40-14-5-6-23-45-40/h1-26H. The fourth-order valence-corrected chi connectivity index (χ4v) is 7.29. The molecule has 0 saturated carbocycles. The van der Waals surface area contributed by atoms with Gasteiger partial charge in [-0.3, -0.25) is 4.98 Å². The molecule has 0 unspecified atom stereocenters. The molecule has 47 heavy (non-hydrogen) atoms. The molecule has 0 bridgehead atoms. The molecule has 3 heteroatoms. The van der Waals surface area contributed by atoms with Crippen LogP contribution in [0.3, 0.4) is 0 Å². The van der Waals surface area contributed by atoms with Crippen LogP contribution in [0.1, 0.15) is 0 Å². The minimum atomic E-state index is 0.535. The van der Waals surface area contributed by atoms with Gasteiger partial charge in [-0.15, -0.1) is 0 Å². The maximum absolute atomic E-state index is 6.37. The van der Waals surface area contributed by atoms with Crippen LogP contribution in [0, 0.1) is 0 Å². The first-order valence-electron chi connectivity index (χ1n) is 15.9. The van der Waals surface area contributed by atoms with Gasteiger partial charge in [0.2, 0.25) is 5.89 Å². The predicted molar refractivity (Wildman–Crippen MR) is 196 cm³/mol. The van der Waals surface area contributed by atoms with Gasteiger partial charge in [0.1, 0.15) is 11.2 Å². The number of fused-ring (bicyclic) bond motifs is 10. The average molecular weight is 599 g/mol. The van der Waals surface area contributed by atoms with Crippen LogP contribution in [0.5, 0.6) is 0 Å². The molecule has 0 saturated heterocycles. The zero-order valence-corrected chi connectivity index (χ0v) is 25.3. The number of nitrogens with zero attached hydrogens (tertiary/aromatic N) is 2. The van der Waals surface area contributed by atoms with Crippen molar-refractivity contribution in [1.29, 1.82) is 0 Å². The van der Waals surface area contributed by atoms with E-state index in [2.05, 4.69) is 132 Å². The van der Waals surface area contributed by atoms with Crippen molar-refractivity contribution < 1.29 is 4.42 Å². The first-order valence-corrected chi connectivity index (χ1v) is 15.9. The zero-order valence-electron chi connectivity index (χ0n) is 25.3. The second kappa shape index (κ2) is 10.1. The molecule has 0 fully saturated rings. The lowest BCUT2D eigenvalue weighted by molar-refractivity contribution is 0.620. The summed E-state index contributed by atoms with van der Waals surface area (Å²) in [6, 6.07) is 54.3. The van der Waals surface area contributed by atoms with Crippen molar-refractivity contribution in [1.82, 2.24) is 9.97 Å². The highest BCUT2D eigenvalue weighted by molar-refractivity contribution is 6.24. The summed E-state index contributed by atoms with van der Waals surface area (Å²) in [4.78, 5) is 9.22. The van der Waals surface area contributed by atoms with Gasteiger partial charge in [0, 0.05) is 11.6 Å². The van der Waals surface area contributed by atoms with Gasteiger partial charge in [-0.2, -0.15) is 0 Å². The third kappa shape index (κ3) is 4.07. The first kappa shape index (κ1) is 26.0. The van der Waals surface area contributed by atoms with Crippen LogP contribution in [0.2, 0.25) is 0 Å². The molecule has 0 atom stereocenters. The van der Waals surface area contributed by atoms with Crippen LogP contribution in [0.15, 0.2) is 162 Å². The molecule has 10 rings (SSSR count). The number of hydrogen-bond donors (Lipinski definition) is 0. The molecule has 8 aromatic carbocycles. The number of aromatic nitrogens is 2. The van der Waals surface area contributed by atoms with E-state index in [4.69, 9.17) is 9.40 Å². The topological polar surface area (TPSA) is 38.9 Å². The summed E-state index contributed by atoms with van der Waals surface area (Å²) < 4.78 is 6.37. The minimum Gasteiger partial charge on any atom is -0.434 e. The molecule has 0 amide bonds. The molecular formula is C44H26N2O. The summed E-state index contributed by atoms with van der Waals surface area (Å²) in [5.74, 6) is 0.535. The summed E-state index contributed by atoms with van der Waals surface area (Å²) in [5.41, 5.74) is 7.16. The van der Waals surface area contributed by atoms with E-state index in [1.54, 1.807) is 6.20 Å². The summed E-state index contributed by atoms with van der Waals surface area (Å²) in [5, 5.41) is 12.2. The van der Waals surface area contributed by atoms with E-state index in [1.807, 2.05) is 24.3 Å². The Bertz CT molecular complexity index is 2830. The van der Waals surface area contributed by atoms with Crippen molar-refractivity contribution in [3.05, 3.63) is 158 Å². The van der Waals surface area contributed by atoms with Crippen molar-refractivity contribution in [2.45, 2.75) is 0 Å². The third-order valence-corrected chi connectivity index (χ3v) is 9.49. The van der Waals surface area contributed by atoms with Crippen LogP contribution in [-0.4, -0.2) is 9.97 Å². The lowest BCUT2D eigenvalue weighted by Gasteiger charge is -2.14. The molecule has 0 aliphatic heterocycles. The number of hydrogen-bond acceptors (Lipinski definition) is 3. The summed E-state index contributed by atoms with van der Waals surface area (Å²) in [6.45, 7) is 0. The fraction of sp³-hybridized carbons (Fsp3) is 0. The molecule has 0 spiro atoms. The van der Waals surface area contributed by atoms with Crippen LogP contribution >= 0.6 is 0 Å². The highest BCUT2D eigenvalue weighted by Gasteiger charge is 2.16. The van der Waals surface area contributed by atoms with Crippen molar-refractivity contribution in [3.63, 3.8) is 0 Å². The number of rotatable bonds is 3. The van der Waals surface area contributed by atoms with E-state index in [-0.39, 0.29) is 0 Å². The van der Waals surface area contributed by atoms with Crippen LogP contribution in [0.25, 0.3) is 98.8 Å². The quantitative estimate of drug-likeness (QED) is 0.190. The summed E-state index contributed by atoms with van der Waals surface area (Å²) >= 11 is 0. The van der Waals surface area contributed by atoms with Crippen molar-refractivity contribution in [2.75, 3.05) is 0 Å². The average Bonchev–Trinajstić information content (AvgIpc) is 3.59. The van der Waals surface area contributed by atoms with Gasteiger partial charge in [0.05, 0.1) is 0 Å². The fourth-order valence-electron chi connectivity index (χ4n) is 7.29. The molecular weight excluding hydrogens is 572 g/mol. The molecule has 0 aliphatic rings. The van der Waals surface area contributed by atoms with Gasteiger partial charge in [-0.25, -0.2) is 4.98 Å². The Morgan fingerprint density at radius 2 is 1.11 bits per heavy atom. The normalized spacial score (nSPS) is 11.8. The maximum Gasteiger partial charge on any atom is 0.246 e. The van der Waals surface area contributed by atoms with Gasteiger partial charge in [-0.05, 0) is 107 Å². The van der Waals surface area contributed by atoms with E-state index < -0.39 is 0 Å². The van der Waals surface area contributed by atoms with Gasteiger partial charge in [0.25, 0.3) is 0 Å². The predicted octanol–water partition coefficient (Wildman–Crippen LogP) is 12.0. The number of pyridine rings is 1. The Morgan fingerprint density at radius 3 is 2.00 bits per heavy atom. The molecule has 0 N–H and O–H groups in total. The van der Waals surface area contributed by atoms with E-state index in [0.717, 1.165) is 38.3 Å². The highest BCUT2D eigenvalue weighted by atomic mass is 16.3. The van der Waals surface area contributed by atoms with Crippen LogP contribution < -0.4 is 0 Å². The monoisotopic (exact) mass is 598 g/mol. The zero-order chi connectivity index (χ0) is 30.9. The molecule has 0 aliphatic carbocycles. The van der Waals surface area contributed by atoms with E-state index >= 15 is 0 Å². The lowest BCUT2D eigenvalue weighted by atomic mass is 9.89. The van der Waals surface area contributed by atoms with Gasteiger partial charge < -0.3 is 4.42 Å². The largest absolute Gasteiger partial charge is 0.434 e. The minimum absolute atomic E-state index is 0.535. The van der Waals surface area contributed by atoms with E-state index in [1.165, 1.54) is 54.6 Å². The second-order valence-corrected chi connectivity index (χ2v) is 12.2. The van der Waals surface area contributed by atoms with Gasteiger partial charge in [0.15, 0.2) is 5.58 Å². The SMILES string of the molecule is c1ccc(-c2nc3ccc4ccc5cc(-c6cccc(-c7cc8ccccc8c8c7ccc7ccccc78)c6)ccc5c4c3o2)nc1. The maximum atomic E-state index is 6.37. The summed E-state index contributed by atoms with van der Waals surface area (Å²) in [7, 11) is 0. The number of benzene rings is 8. The third-order valence-electron chi connectivity index (χ3n) is 9.49. The van der Waals surface area contributed by atoms with Crippen molar-refractivity contribution in [3.8, 4) is 33.8 Å². The van der Waals surface area contributed by atoms with Crippen LogP contribution in [0.4, 0.5) is 0 Å². The van der Waals surface area contributed by atoms with Gasteiger partial charge >= 0.3 is 0 Å². The van der Waals surface area contributed by atoms with Gasteiger partial charge in [-0.1, -0.05) is 115 Å². The first-order chi connectivity index (χ1) is 23.3. The Balaban J connectivity index is 1.14. The van der Waals surface area contributed by atoms with Crippen molar-refractivity contribution >= 4 is 65.0 Å². The molecule has 0 radical (unpaired) electrons. The Morgan fingerprint density at radius 1 is 0.426 bits per heavy atom. The van der Waals surface area contributed by atoms with E-state index in [9.17, 15) is 0 Å². The van der Waals surface area contributed by atoms with Crippen LogP contribution in [-0.2, 0) is 0 Å². The highest BCUT2D eigenvalue weighted by Crippen LogP contribution is 2.41.